The Morgan fingerprint density at radius 3 is 2.74 bits per heavy atom. The number of carbonyl (C=O) groups is 1. The molecule has 0 fully saturated rings. The molecule has 19 heavy (non-hydrogen) atoms. The van der Waals surface area contributed by atoms with Gasteiger partial charge in [-0.25, -0.2) is 9.48 Å². The summed E-state index contributed by atoms with van der Waals surface area (Å²) in [5.41, 5.74) is 0.836. The molecule has 0 bridgehead atoms. The van der Waals surface area contributed by atoms with Crippen LogP contribution in [0.15, 0.2) is 30.5 Å². The number of rotatable bonds is 3. The average molecular weight is 299 g/mol. The minimum absolute atomic E-state index is 0.188. The van der Waals surface area contributed by atoms with Gasteiger partial charge in [0.05, 0.1) is 16.8 Å². The monoisotopic (exact) mass is 298 g/mol. The van der Waals surface area contributed by atoms with Gasteiger partial charge in [-0.1, -0.05) is 23.2 Å². The van der Waals surface area contributed by atoms with Crippen LogP contribution in [0.1, 0.15) is 24.3 Å². The van der Waals surface area contributed by atoms with E-state index in [4.69, 9.17) is 27.9 Å². The van der Waals surface area contributed by atoms with Gasteiger partial charge in [-0.15, -0.1) is 0 Å². The van der Waals surface area contributed by atoms with E-state index in [0.29, 0.717) is 15.7 Å². The number of aromatic nitrogens is 2. The lowest BCUT2D eigenvalue weighted by Gasteiger charge is -2.06. The van der Waals surface area contributed by atoms with Gasteiger partial charge in [-0.05, 0) is 38.1 Å². The Balaban J connectivity index is 2.30. The Hall–Kier alpha value is -1.52. The molecule has 0 aliphatic rings. The van der Waals surface area contributed by atoms with Crippen LogP contribution in [-0.4, -0.2) is 21.9 Å². The second-order valence-electron chi connectivity index (χ2n) is 4.20. The average Bonchev–Trinajstić information content (AvgIpc) is 2.80. The van der Waals surface area contributed by atoms with Gasteiger partial charge >= 0.3 is 5.97 Å². The van der Waals surface area contributed by atoms with Crippen LogP contribution < -0.4 is 0 Å². The highest BCUT2D eigenvalue weighted by atomic mass is 35.5. The number of carbonyl (C=O) groups excluding carboxylic acids is 1. The molecule has 0 amide bonds. The van der Waals surface area contributed by atoms with Crippen LogP contribution in [-0.2, 0) is 4.74 Å². The molecule has 0 radical (unpaired) electrons. The molecule has 0 spiro atoms. The molecule has 0 saturated heterocycles. The molecule has 0 aliphatic heterocycles. The van der Waals surface area contributed by atoms with E-state index in [1.165, 1.54) is 4.68 Å². The van der Waals surface area contributed by atoms with E-state index in [9.17, 15) is 4.79 Å². The first-order valence-electron chi connectivity index (χ1n) is 5.69. The first-order chi connectivity index (χ1) is 8.97. The van der Waals surface area contributed by atoms with Gasteiger partial charge in [-0.2, -0.15) is 5.10 Å². The lowest BCUT2D eigenvalue weighted by molar-refractivity contribution is 0.0370. The fourth-order valence-electron chi connectivity index (χ4n) is 1.50. The fraction of sp³-hybridized carbons (Fsp3) is 0.231. The minimum Gasteiger partial charge on any atom is -0.458 e. The number of nitrogens with zero attached hydrogens (tertiary/aromatic N) is 2. The molecule has 0 unspecified atom stereocenters. The Labute approximate surface area is 120 Å². The van der Waals surface area contributed by atoms with Crippen molar-refractivity contribution in [1.29, 1.82) is 0 Å². The molecule has 1 aromatic carbocycles. The largest absolute Gasteiger partial charge is 0.458 e. The van der Waals surface area contributed by atoms with E-state index in [2.05, 4.69) is 5.10 Å². The van der Waals surface area contributed by atoms with Crippen molar-refractivity contribution in [3.05, 3.63) is 46.2 Å². The predicted octanol–water partition coefficient (Wildman–Crippen LogP) is 3.74. The van der Waals surface area contributed by atoms with E-state index in [0.717, 1.165) is 0 Å². The van der Waals surface area contributed by atoms with Crippen molar-refractivity contribution in [2.75, 3.05) is 0 Å². The third kappa shape index (κ3) is 3.28. The van der Waals surface area contributed by atoms with E-state index in [1.807, 2.05) is 0 Å². The van der Waals surface area contributed by atoms with Crippen LogP contribution in [0, 0.1) is 0 Å². The maximum Gasteiger partial charge on any atom is 0.359 e. The molecule has 0 saturated carbocycles. The smallest absolute Gasteiger partial charge is 0.359 e. The zero-order chi connectivity index (χ0) is 14.0. The number of hydrogen-bond donors (Lipinski definition) is 0. The second kappa shape index (κ2) is 5.63. The summed E-state index contributed by atoms with van der Waals surface area (Å²) in [4.78, 5) is 11.7. The van der Waals surface area contributed by atoms with Crippen molar-refractivity contribution in [3.63, 3.8) is 0 Å². The van der Waals surface area contributed by atoms with Crippen molar-refractivity contribution in [3.8, 4) is 5.69 Å². The summed E-state index contributed by atoms with van der Waals surface area (Å²) in [5.74, 6) is -0.466. The van der Waals surface area contributed by atoms with Crippen LogP contribution in [0.5, 0.6) is 0 Å². The molecule has 2 rings (SSSR count). The fourth-order valence-corrected chi connectivity index (χ4v) is 1.87. The molecule has 6 heteroatoms. The van der Waals surface area contributed by atoms with Crippen molar-refractivity contribution < 1.29 is 9.53 Å². The Bertz CT molecular complexity index is 608. The third-order valence-corrected chi connectivity index (χ3v) is 2.85. The first-order valence-corrected chi connectivity index (χ1v) is 6.45. The van der Waals surface area contributed by atoms with Gasteiger partial charge in [0, 0.05) is 11.2 Å². The summed E-state index contributed by atoms with van der Waals surface area (Å²) in [5, 5.41) is 5.17. The zero-order valence-electron chi connectivity index (χ0n) is 10.4. The first kappa shape index (κ1) is 13.9. The van der Waals surface area contributed by atoms with Gasteiger partial charge < -0.3 is 4.74 Å². The second-order valence-corrected chi connectivity index (χ2v) is 5.04. The van der Waals surface area contributed by atoms with E-state index in [1.54, 1.807) is 44.3 Å². The molecule has 0 N–H and O–H groups in total. The van der Waals surface area contributed by atoms with Crippen molar-refractivity contribution >= 4 is 29.2 Å². The van der Waals surface area contributed by atoms with Crippen LogP contribution in [0.3, 0.4) is 0 Å². The zero-order valence-corrected chi connectivity index (χ0v) is 11.9. The number of ether oxygens (including phenoxy) is 1. The standard InChI is InChI=1S/C13H12Cl2N2O2/c1-8(2)19-13(18)11-5-6-17(16-11)12-7-9(14)3-4-10(12)15/h3-8H,1-2H3. The number of halogens is 2. The lowest BCUT2D eigenvalue weighted by Crippen LogP contribution is -2.12. The summed E-state index contributed by atoms with van der Waals surface area (Å²) in [6.07, 6.45) is 1.45. The summed E-state index contributed by atoms with van der Waals surface area (Å²) < 4.78 is 6.56. The molecule has 100 valence electrons. The molecule has 4 nitrogen and oxygen atoms in total. The molecule has 0 aliphatic carbocycles. The quantitative estimate of drug-likeness (QED) is 0.811. The number of hydrogen-bond acceptors (Lipinski definition) is 3. The van der Waals surface area contributed by atoms with Crippen molar-refractivity contribution in [2.45, 2.75) is 20.0 Å². The Morgan fingerprint density at radius 2 is 2.05 bits per heavy atom. The maximum atomic E-state index is 11.7. The number of benzene rings is 1. The van der Waals surface area contributed by atoms with Crippen molar-refractivity contribution in [1.82, 2.24) is 9.78 Å². The molecule has 2 aromatic rings. The van der Waals surface area contributed by atoms with Crippen LogP contribution in [0.2, 0.25) is 10.0 Å². The summed E-state index contributed by atoms with van der Waals surface area (Å²) in [6, 6.07) is 6.61. The summed E-state index contributed by atoms with van der Waals surface area (Å²) >= 11 is 12.0. The Kier molecular flexibility index (Phi) is 4.12. The van der Waals surface area contributed by atoms with Gasteiger partial charge in [0.1, 0.15) is 0 Å². The van der Waals surface area contributed by atoms with E-state index in [-0.39, 0.29) is 11.8 Å². The molecular formula is C13H12Cl2N2O2. The van der Waals surface area contributed by atoms with Crippen molar-refractivity contribution in [2.24, 2.45) is 0 Å². The van der Waals surface area contributed by atoms with Gasteiger partial charge in [0.2, 0.25) is 0 Å². The molecule has 0 atom stereocenters. The van der Waals surface area contributed by atoms with Crippen LogP contribution in [0.4, 0.5) is 0 Å². The summed E-state index contributed by atoms with van der Waals surface area (Å²) in [7, 11) is 0. The SMILES string of the molecule is CC(C)OC(=O)c1ccn(-c2cc(Cl)ccc2Cl)n1. The van der Waals surface area contributed by atoms with Gasteiger partial charge in [-0.3, -0.25) is 0 Å². The van der Waals surface area contributed by atoms with E-state index < -0.39 is 5.97 Å². The third-order valence-electron chi connectivity index (χ3n) is 2.30. The van der Waals surface area contributed by atoms with Gasteiger partial charge in [0.25, 0.3) is 0 Å². The highest BCUT2D eigenvalue weighted by Crippen LogP contribution is 2.23. The lowest BCUT2D eigenvalue weighted by atomic mass is 10.3. The molecule has 1 heterocycles. The summed E-state index contributed by atoms with van der Waals surface area (Å²) in [6.45, 7) is 3.56. The van der Waals surface area contributed by atoms with Crippen LogP contribution >= 0.6 is 23.2 Å². The Morgan fingerprint density at radius 1 is 1.32 bits per heavy atom. The molecular weight excluding hydrogens is 287 g/mol. The number of esters is 1. The maximum absolute atomic E-state index is 11.7. The topological polar surface area (TPSA) is 44.1 Å². The highest BCUT2D eigenvalue weighted by molar-refractivity contribution is 6.34. The predicted molar refractivity (Wildman–Crippen MR) is 74.1 cm³/mol. The van der Waals surface area contributed by atoms with E-state index >= 15 is 0 Å². The highest BCUT2D eigenvalue weighted by Gasteiger charge is 2.14. The molecule has 1 aromatic heterocycles. The normalized spacial score (nSPS) is 10.8. The van der Waals surface area contributed by atoms with Gasteiger partial charge in [0.15, 0.2) is 5.69 Å². The minimum atomic E-state index is -0.466. The van der Waals surface area contributed by atoms with Crippen LogP contribution in [0.25, 0.3) is 5.69 Å².